The van der Waals surface area contributed by atoms with E-state index in [1.807, 2.05) is 62.4 Å². The van der Waals surface area contributed by atoms with Crippen LogP contribution in [0.5, 0.6) is 11.5 Å². The minimum Gasteiger partial charge on any atom is -0.497 e. The molecule has 1 N–H and O–H groups in total. The average molecular weight is 495 g/mol. The van der Waals surface area contributed by atoms with E-state index in [0.29, 0.717) is 36.6 Å². The summed E-state index contributed by atoms with van der Waals surface area (Å²) in [5.41, 5.74) is 3.66. The summed E-state index contributed by atoms with van der Waals surface area (Å²) in [4.78, 5) is 6.82. The van der Waals surface area contributed by atoms with E-state index < -0.39 is 0 Å². The standard InChI is InChI=1S/C26H30N4O4S/c1-5-33-15-7-14-30-17(2)22(23(27-26(30)35)19-8-6-9-21(16-19)32-4)25-28-24(29-34-25)18-10-12-20(31-3)13-11-18/h6,8-13,16,23H,5,7,14-15H2,1-4H3,(H,27,35). The maximum Gasteiger partial charge on any atom is 0.258 e. The molecule has 0 spiro atoms. The number of hydrogen-bond donors (Lipinski definition) is 1. The minimum atomic E-state index is -0.273. The number of allylic oxidation sites excluding steroid dienone is 1. The molecular weight excluding hydrogens is 464 g/mol. The van der Waals surface area contributed by atoms with Gasteiger partial charge in [-0.15, -0.1) is 0 Å². The first-order chi connectivity index (χ1) is 17.0. The summed E-state index contributed by atoms with van der Waals surface area (Å²) in [5.74, 6) is 2.46. The first-order valence-electron chi connectivity index (χ1n) is 11.5. The fraction of sp³-hybridized carbons (Fsp3) is 0.346. The van der Waals surface area contributed by atoms with E-state index in [4.69, 9.17) is 35.9 Å². The molecule has 9 heteroatoms. The SMILES string of the molecule is CCOCCCN1C(=S)NC(c2cccc(OC)c2)C(c2nc(-c3ccc(OC)cc3)no2)=C1C. The Morgan fingerprint density at radius 2 is 1.86 bits per heavy atom. The van der Waals surface area contributed by atoms with Gasteiger partial charge >= 0.3 is 0 Å². The Morgan fingerprint density at radius 1 is 1.09 bits per heavy atom. The molecule has 8 nitrogen and oxygen atoms in total. The van der Waals surface area contributed by atoms with Crippen LogP contribution in [0.2, 0.25) is 0 Å². The summed E-state index contributed by atoms with van der Waals surface area (Å²) in [5, 5.41) is 8.38. The normalized spacial score (nSPS) is 15.8. The van der Waals surface area contributed by atoms with Crippen molar-refractivity contribution in [2.24, 2.45) is 0 Å². The highest BCUT2D eigenvalue weighted by atomic mass is 32.1. The van der Waals surface area contributed by atoms with Crippen LogP contribution in [0.4, 0.5) is 0 Å². The molecule has 35 heavy (non-hydrogen) atoms. The van der Waals surface area contributed by atoms with Crippen molar-refractivity contribution in [3.8, 4) is 22.9 Å². The molecule has 0 fully saturated rings. The summed E-state index contributed by atoms with van der Waals surface area (Å²) in [6.45, 7) is 6.10. The van der Waals surface area contributed by atoms with Gasteiger partial charge in [0.15, 0.2) is 5.11 Å². The van der Waals surface area contributed by atoms with Crippen LogP contribution in [-0.4, -0.2) is 54.1 Å². The molecule has 1 unspecified atom stereocenters. The number of thiocarbonyl (C=S) groups is 1. The van der Waals surface area contributed by atoms with Crippen molar-refractivity contribution in [1.82, 2.24) is 20.4 Å². The van der Waals surface area contributed by atoms with Crippen LogP contribution in [0, 0.1) is 0 Å². The third-order valence-corrected chi connectivity index (χ3v) is 6.24. The van der Waals surface area contributed by atoms with Gasteiger partial charge in [0, 0.05) is 31.0 Å². The fourth-order valence-electron chi connectivity index (χ4n) is 4.06. The molecular formula is C26H30N4O4S. The first-order valence-corrected chi connectivity index (χ1v) is 12.0. The van der Waals surface area contributed by atoms with Crippen LogP contribution in [0.15, 0.2) is 58.8 Å². The monoisotopic (exact) mass is 494 g/mol. The van der Waals surface area contributed by atoms with Crippen molar-refractivity contribution < 1.29 is 18.7 Å². The number of nitrogens with zero attached hydrogens (tertiary/aromatic N) is 3. The molecule has 0 saturated heterocycles. The smallest absolute Gasteiger partial charge is 0.258 e. The fourth-order valence-corrected chi connectivity index (χ4v) is 4.40. The lowest BCUT2D eigenvalue weighted by atomic mass is 9.94. The second-order valence-electron chi connectivity index (χ2n) is 8.01. The van der Waals surface area contributed by atoms with E-state index in [-0.39, 0.29) is 6.04 Å². The van der Waals surface area contributed by atoms with Crippen LogP contribution < -0.4 is 14.8 Å². The minimum absolute atomic E-state index is 0.273. The van der Waals surface area contributed by atoms with Gasteiger partial charge in [-0.05, 0) is 74.4 Å². The van der Waals surface area contributed by atoms with Crippen molar-refractivity contribution in [1.29, 1.82) is 0 Å². The zero-order valence-corrected chi connectivity index (χ0v) is 21.2. The molecule has 0 aliphatic carbocycles. The van der Waals surface area contributed by atoms with Gasteiger partial charge in [0.2, 0.25) is 5.82 Å². The predicted molar refractivity (Wildman–Crippen MR) is 138 cm³/mol. The zero-order valence-electron chi connectivity index (χ0n) is 20.4. The van der Waals surface area contributed by atoms with Crippen molar-refractivity contribution in [2.45, 2.75) is 26.3 Å². The van der Waals surface area contributed by atoms with E-state index in [1.54, 1.807) is 14.2 Å². The van der Waals surface area contributed by atoms with Gasteiger partial charge in [0.25, 0.3) is 5.89 Å². The van der Waals surface area contributed by atoms with Crippen LogP contribution in [-0.2, 0) is 4.74 Å². The summed E-state index contributed by atoms with van der Waals surface area (Å²) in [6.07, 6.45) is 0.838. The van der Waals surface area contributed by atoms with Crippen LogP contribution >= 0.6 is 12.2 Å². The molecule has 0 radical (unpaired) electrons. The third-order valence-electron chi connectivity index (χ3n) is 5.90. The van der Waals surface area contributed by atoms with Gasteiger partial charge in [-0.25, -0.2) is 0 Å². The number of aromatic nitrogens is 2. The Bertz CT molecular complexity index is 1190. The van der Waals surface area contributed by atoms with Gasteiger partial charge in [-0.3, -0.25) is 0 Å². The lowest BCUT2D eigenvalue weighted by molar-refractivity contribution is 0.141. The quantitative estimate of drug-likeness (QED) is 0.314. The molecule has 1 atom stereocenters. The average Bonchev–Trinajstić information content (AvgIpc) is 3.37. The lowest BCUT2D eigenvalue weighted by Crippen LogP contribution is -2.46. The topological polar surface area (TPSA) is 81.9 Å². The molecule has 1 aromatic heterocycles. The van der Waals surface area contributed by atoms with Gasteiger partial charge < -0.3 is 29.0 Å². The number of rotatable bonds is 10. The highest BCUT2D eigenvalue weighted by molar-refractivity contribution is 7.80. The summed E-state index contributed by atoms with van der Waals surface area (Å²) in [6, 6.07) is 15.2. The van der Waals surface area contributed by atoms with Gasteiger partial charge in [0.05, 0.1) is 25.8 Å². The van der Waals surface area contributed by atoms with Crippen molar-refractivity contribution >= 4 is 22.9 Å². The number of nitrogens with one attached hydrogen (secondary N) is 1. The van der Waals surface area contributed by atoms with Gasteiger partial charge in [-0.2, -0.15) is 4.98 Å². The van der Waals surface area contributed by atoms with Gasteiger partial charge in [0.1, 0.15) is 11.5 Å². The predicted octanol–water partition coefficient (Wildman–Crippen LogP) is 4.84. The summed E-state index contributed by atoms with van der Waals surface area (Å²) >= 11 is 5.76. The van der Waals surface area contributed by atoms with Crippen molar-refractivity contribution in [3.63, 3.8) is 0 Å². The maximum atomic E-state index is 5.80. The third kappa shape index (κ3) is 5.47. The molecule has 3 aromatic rings. The van der Waals surface area contributed by atoms with Crippen LogP contribution in [0.3, 0.4) is 0 Å². The Labute approximate surface area is 210 Å². The zero-order chi connectivity index (χ0) is 24.8. The van der Waals surface area contributed by atoms with E-state index >= 15 is 0 Å². The molecule has 1 aliphatic heterocycles. The second-order valence-corrected chi connectivity index (χ2v) is 8.40. The van der Waals surface area contributed by atoms with E-state index in [1.165, 1.54) is 0 Å². The van der Waals surface area contributed by atoms with E-state index in [0.717, 1.165) is 40.3 Å². The Balaban J connectivity index is 1.73. The second kappa shape index (κ2) is 11.3. The number of benzene rings is 2. The maximum absolute atomic E-state index is 5.80. The lowest BCUT2D eigenvalue weighted by Gasteiger charge is -2.37. The molecule has 4 rings (SSSR count). The van der Waals surface area contributed by atoms with Crippen LogP contribution in [0.1, 0.15) is 37.8 Å². The number of ether oxygens (including phenoxy) is 3. The summed E-state index contributed by atoms with van der Waals surface area (Å²) in [7, 11) is 3.29. The molecule has 184 valence electrons. The number of hydrogen-bond acceptors (Lipinski definition) is 7. The van der Waals surface area contributed by atoms with E-state index in [9.17, 15) is 0 Å². The summed E-state index contributed by atoms with van der Waals surface area (Å²) < 4.78 is 22.0. The molecule has 2 heterocycles. The Morgan fingerprint density at radius 3 is 2.57 bits per heavy atom. The van der Waals surface area contributed by atoms with Gasteiger partial charge in [-0.1, -0.05) is 17.3 Å². The molecule has 0 bridgehead atoms. The highest BCUT2D eigenvalue weighted by Crippen LogP contribution is 2.38. The largest absolute Gasteiger partial charge is 0.497 e. The molecule has 0 saturated carbocycles. The van der Waals surface area contributed by atoms with Crippen molar-refractivity contribution in [3.05, 3.63) is 65.7 Å². The highest BCUT2D eigenvalue weighted by Gasteiger charge is 2.34. The Kier molecular flexibility index (Phi) is 7.99. The molecule has 0 amide bonds. The molecule has 1 aliphatic rings. The van der Waals surface area contributed by atoms with Crippen molar-refractivity contribution in [2.75, 3.05) is 34.0 Å². The first kappa shape index (κ1) is 24.7. The van der Waals surface area contributed by atoms with E-state index in [2.05, 4.69) is 15.4 Å². The number of methoxy groups -OCH3 is 2. The van der Waals surface area contributed by atoms with Crippen LogP contribution in [0.25, 0.3) is 17.0 Å². The Hall–Kier alpha value is -3.43. The molecule has 2 aromatic carbocycles.